The molecule has 0 saturated carbocycles. The van der Waals surface area contributed by atoms with Crippen molar-refractivity contribution in [3.63, 3.8) is 0 Å². The summed E-state index contributed by atoms with van der Waals surface area (Å²) in [6, 6.07) is 33.7. The number of hydrogen-bond donors (Lipinski definition) is 1. The number of para-hydroxylation sites is 1. The lowest BCUT2D eigenvalue weighted by Gasteiger charge is -2.12. The maximum absolute atomic E-state index is 13.1. The minimum Gasteiger partial charge on any atom is -0.476 e. The first-order valence-electron chi connectivity index (χ1n) is 10.9. The molecule has 0 radical (unpaired) electrons. The van der Waals surface area contributed by atoms with Gasteiger partial charge in [-0.15, -0.1) is 0 Å². The van der Waals surface area contributed by atoms with Crippen LogP contribution < -0.4 is 15.5 Å². The molecule has 5 aromatic rings. The van der Waals surface area contributed by atoms with Crippen molar-refractivity contribution in [2.45, 2.75) is 0 Å². The van der Waals surface area contributed by atoms with E-state index in [9.17, 15) is 9.59 Å². The first-order valence-corrected chi connectivity index (χ1v) is 10.9. The monoisotopic (exact) mass is 447 g/mol. The maximum Gasteiger partial charge on any atom is 0.262 e. The van der Waals surface area contributed by atoms with Crippen molar-refractivity contribution < 1.29 is 13.9 Å². The van der Waals surface area contributed by atoms with Gasteiger partial charge in [0.2, 0.25) is 11.2 Å². The lowest BCUT2D eigenvalue weighted by atomic mass is 10.1. The van der Waals surface area contributed by atoms with Gasteiger partial charge in [-0.05, 0) is 35.4 Å². The van der Waals surface area contributed by atoms with Crippen LogP contribution in [0.3, 0.4) is 0 Å². The van der Waals surface area contributed by atoms with Gasteiger partial charge >= 0.3 is 0 Å². The largest absolute Gasteiger partial charge is 0.476 e. The summed E-state index contributed by atoms with van der Waals surface area (Å²) in [6.07, 6.45) is 0. The fraction of sp³-hybridized carbons (Fsp3) is 0.0345. The van der Waals surface area contributed by atoms with E-state index in [1.807, 2.05) is 84.9 Å². The summed E-state index contributed by atoms with van der Waals surface area (Å²) in [6.45, 7) is -0.330. The van der Waals surface area contributed by atoms with E-state index in [2.05, 4.69) is 5.32 Å². The number of amides is 1. The number of fused-ring (bicyclic) bond motifs is 1. The zero-order chi connectivity index (χ0) is 23.3. The number of nitrogens with one attached hydrogen (secondary N) is 1. The van der Waals surface area contributed by atoms with Crippen LogP contribution in [0.15, 0.2) is 118 Å². The van der Waals surface area contributed by atoms with E-state index in [1.165, 1.54) is 0 Å². The molecule has 0 bridgehead atoms. The molecular formula is C29H21NO4. The maximum atomic E-state index is 13.1. The number of benzene rings is 4. The van der Waals surface area contributed by atoms with Gasteiger partial charge in [-0.25, -0.2) is 0 Å². The second-order valence-corrected chi connectivity index (χ2v) is 7.73. The van der Waals surface area contributed by atoms with Crippen LogP contribution >= 0.6 is 0 Å². The van der Waals surface area contributed by atoms with Gasteiger partial charge in [0, 0.05) is 11.3 Å². The zero-order valence-corrected chi connectivity index (χ0v) is 18.2. The molecule has 0 spiro atoms. The van der Waals surface area contributed by atoms with Crippen LogP contribution in [-0.2, 0) is 4.79 Å². The zero-order valence-electron chi connectivity index (χ0n) is 18.2. The highest BCUT2D eigenvalue weighted by molar-refractivity contribution is 5.92. The van der Waals surface area contributed by atoms with Crippen LogP contribution in [0.25, 0.3) is 33.4 Å². The molecule has 0 aliphatic heterocycles. The van der Waals surface area contributed by atoms with Crippen LogP contribution in [0.1, 0.15) is 0 Å². The first kappa shape index (κ1) is 21.2. The van der Waals surface area contributed by atoms with Crippen molar-refractivity contribution in [2.75, 3.05) is 11.9 Å². The van der Waals surface area contributed by atoms with E-state index in [-0.39, 0.29) is 23.7 Å². The Bertz CT molecular complexity index is 1490. The number of hydrogen-bond acceptors (Lipinski definition) is 4. The Kier molecular flexibility index (Phi) is 5.91. The Morgan fingerprint density at radius 1 is 0.706 bits per heavy atom. The second-order valence-electron chi connectivity index (χ2n) is 7.73. The smallest absolute Gasteiger partial charge is 0.262 e. The number of ether oxygens (including phenoxy) is 1. The summed E-state index contributed by atoms with van der Waals surface area (Å²) in [7, 11) is 0. The molecule has 0 aliphatic rings. The predicted molar refractivity (Wildman–Crippen MR) is 134 cm³/mol. The molecule has 1 heterocycles. The molecule has 5 nitrogen and oxygen atoms in total. The Labute approximate surface area is 196 Å². The third-order valence-electron chi connectivity index (χ3n) is 5.42. The van der Waals surface area contributed by atoms with E-state index in [0.717, 1.165) is 11.1 Å². The Hall–Kier alpha value is -4.64. The Morgan fingerprint density at radius 3 is 2.00 bits per heavy atom. The summed E-state index contributed by atoms with van der Waals surface area (Å²) in [5.41, 5.74) is 3.62. The van der Waals surface area contributed by atoms with Crippen LogP contribution in [0.2, 0.25) is 0 Å². The van der Waals surface area contributed by atoms with Crippen molar-refractivity contribution in [3.05, 3.63) is 119 Å². The lowest BCUT2D eigenvalue weighted by molar-refractivity contribution is -0.118. The Balaban J connectivity index is 1.36. The van der Waals surface area contributed by atoms with Crippen LogP contribution in [-0.4, -0.2) is 12.5 Å². The minimum atomic E-state index is -0.376. The molecule has 1 aromatic heterocycles. The molecule has 166 valence electrons. The summed E-state index contributed by atoms with van der Waals surface area (Å²) in [5.74, 6) is -0.0668. The van der Waals surface area contributed by atoms with Crippen LogP contribution in [0, 0.1) is 0 Å². The lowest BCUT2D eigenvalue weighted by Crippen LogP contribution is -2.22. The van der Waals surface area contributed by atoms with Gasteiger partial charge in [-0.2, -0.15) is 0 Å². The molecule has 1 N–H and O–H groups in total. The molecule has 0 atom stereocenters. The predicted octanol–water partition coefficient (Wildman–Crippen LogP) is 6.14. The molecule has 34 heavy (non-hydrogen) atoms. The van der Waals surface area contributed by atoms with E-state index >= 15 is 0 Å². The fourth-order valence-electron chi connectivity index (χ4n) is 3.75. The van der Waals surface area contributed by atoms with Gasteiger partial charge in [0.25, 0.3) is 5.91 Å². The average molecular weight is 447 g/mol. The van der Waals surface area contributed by atoms with Gasteiger partial charge in [-0.1, -0.05) is 84.9 Å². The molecule has 0 aliphatic carbocycles. The number of carbonyl (C=O) groups is 1. The topological polar surface area (TPSA) is 68.5 Å². The van der Waals surface area contributed by atoms with Crippen LogP contribution in [0.5, 0.6) is 5.75 Å². The summed E-state index contributed by atoms with van der Waals surface area (Å²) in [5, 5.41) is 3.21. The molecule has 5 rings (SSSR count). The van der Waals surface area contributed by atoms with Crippen molar-refractivity contribution in [1.29, 1.82) is 0 Å². The SMILES string of the molecule is O=C(COc1c(-c2ccccc2)oc2ccccc2c1=O)Nc1ccc(-c2ccccc2)cc1. The molecule has 0 unspecified atom stereocenters. The molecule has 5 heteroatoms. The molecule has 0 fully saturated rings. The van der Waals surface area contributed by atoms with E-state index in [0.29, 0.717) is 28.0 Å². The minimum absolute atomic E-state index is 0.0134. The van der Waals surface area contributed by atoms with E-state index < -0.39 is 0 Å². The molecule has 1 amide bonds. The van der Waals surface area contributed by atoms with Gasteiger partial charge in [-0.3, -0.25) is 9.59 Å². The quantitative estimate of drug-likeness (QED) is 0.339. The first-order chi connectivity index (χ1) is 16.7. The van der Waals surface area contributed by atoms with E-state index in [4.69, 9.17) is 9.15 Å². The highest BCUT2D eigenvalue weighted by Gasteiger charge is 2.18. The normalized spacial score (nSPS) is 10.7. The molecule has 0 saturated heterocycles. The van der Waals surface area contributed by atoms with Crippen molar-refractivity contribution in [3.8, 4) is 28.2 Å². The van der Waals surface area contributed by atoms with Gasteiger partial charge in [0.1, 0.15) is 5.58 Å². The standard InChI is InChI=1S/C29H21NO4/c31-26(30-23-17-15-21(16-18-23)20-9-3-1-4-10-20)19-33-29-27(32)24-13-7-8-14-25(24)34-28(29)22-11-5-2-6-12-22/h1-18H,19H2,(H,30,31). The van der Waals surface area contributed by atoms with Gasteiger partial charge < -0.3 is 14.5 Å². The third kappa shape index (κ3) is 4.45. The van der Waals surface area contributed by atoms with Crippen molar-refractivity contribution in [1.82, 2.24) is 0 Å². The van der Waals surface area contributed by atoms with Crippen LogP contribution in [0.4, 0.5) is 5.69 Å². The molecular weight excluding hydrogens is 426 g/mol. The summed E-state index contributed by atoms with van der Waals surface area (Å²) in [4.78, 5) is 25.7. The number of anilines is 1. The fourth-order valence-corrected chi connectivity index (χ4v) is 3.75. The van der Waals surface area contributed by atoms with Crippen molar-refractivity contribution in [2.24, 2.45) is 0 Å². The molecule has 4 aromatic carbocycles. The highest BCUT2D eigenvalue weighted by atomic mass is 16.5. The van der Waals surface area contributed by atoms with Gasteiger partial charge in [0.05, 0.1) is 5.39 Å². The third-order valence-corrected chi connectivity index (χ3v) is 5.42. The van der Waals surface area contributed by atoms with E-state index in [1.54, 1.807) is 24.3 Å². The second kappa shape index (κ2) is 9.46. The highest BCUT2D eigenvalue weighted by Crippen LogP contribution is 2.30. The Morgan fingerprint density at radius 2 is 1.29 bits per heavy atom. The van der Waals surface area contributed by atoms with Gasteiger partial charge in [0.15, 0.2) is 12.4 Å². The number of carbonyl (C=O) groups excluding carboxylic acids is 1. The average Bonchev–Trinajstić information content (AvgIpc) is 2.89. The summed E-state index contributed by atoms with van der Waals surface area (Å²) < 4.78 is 11.7. The number of rotatable bonds is 6. The van der Waals surface area contributed by atoms with Crippen molar-refractivity contribution >= 4 is 22.6 Å². The summed E-state index contributed by atoms with van der Waals surface area (Å²) >= 11 is 0.